The van der Waals surface area contributed by atoms with Crippen molar-refractivity contribution in [2.24, 2.45) is 0 Å². The molecule has 0 aromatic rings. The van der Waals surface area contributed by atoms with Crippen LogP contribution in [0.1, 0.15) is 26.7 Å². The first-order valence-electron chi connectivity index (χ1n) is 5.86. The molecule has 0 amide bonds. The Labute approximate surface area is 86.8 Å². The van der Waals surface area contributed by atoms with Crippen molar-refractivity contribution in [1.82, 2.24) is 10.2 Å². The Balaban J connectivity index is 1.88. The van der Waals surface area contributed by atoms with E-state index in [0.717, 1.165) is 19.1 Å². The van der Waals surface area contributed by atoms with Crippen LogP contribution in [0.2, 0.25) is 0 Å². The molecule has 2 fully saturated rings. The Morgan fingerprint density at radius 3 is 2.21 bits per heavy atom. The van der Waals surface area contributed by atoms with E-state index in [-0.39, 0.29) is 0 Å². The third-order valence-electron chi connectivity index (χ3n) is 3.27. The number of nitrogens with one attached hydrogen (secondary N) is 1. The fraction of sp³-hybridized carbons (Fsp3) is 1.00. The van der Waals surface area contributed by atoms with Gasteiger partial charge in [-0.1, -0.05) is 0 Å². The van der Waals surface area contributed by atoms with E-state index < -0.39 is 0 Å². The average molecular weight is 198 g/mol. The molecule has 82 valence electrons. The molecule has 0 bridgehead atoms. The van der Waals surface area contributed by atoms with Crippen molar-refractivity contribution in [1.29, 1.82) is 0 Å². The van der Waals surface area contributed by atoms with E-state index in [0.29, 0.717) is 12.2 Å². The number of nitrogens with zero attached hydrogens (tertiary/aromatic N) is 1. The van der Waals surface area contributed by atoms with E-state index in [1.54, 1.807) is 0 Å². The fourth-order valence-electron chi connectivity index (χ4n) is 2.69. The van der Waals surface area contributed by atoms with E-state index in [1.807, 2.05) is 0 Å². The second-order valence-corrected chi connectivity index (χ2v) is 4.69. The largest absolute Gasteiger partial charge is 0.373 e. The average Bonchev–Trinajstić information content (AvgIpc) is 2.18. The molecule has 2 aliphatic heterocycles. The molecule has 2 atom stereocenters. The summed E-state index contributed by atoms with van der Waals surface area (Å²) in [4.78, 5) is 2.62. The van der Waals surface area contributed by atoms with Gasteiger partial charge in [-0.15, -0.1) is 0 Å². The molecule has 2 saturated heterocycles. The second kappa shape index (κ2) is 4.60. The lowest BCUT2D eigenvalue weighted by molar-refractivity contribution is -0.0832. The first kappa shape index (κ1) is 10.4. The minimum atomic E-state index is 0.411. The van der Waals surface area contributed by atoms with Crippen LogP contribution >= 0.6 is 0 Å². The minimum absolute atomic E-state index is 0.411. The molecule has 3 heteroatoms. The monoisotopic (exact) mass is 198 g/mol. The maximum Gasteiger partial charge on any atom is 0.0678 e. The van der Waals surface area contributed by atoms with Gasteiger partial charge in [0.15, 0.2) is 0 Å². The molecule has 3 nitrogen and oxygen atoms in total. The molecule has 0 spiro atoms. The zero-order valence-electron chi connectivity index (χ0n) is 9.33. The van der Waals surface area contributed by atoms with Gasteiger partial charge in [0, 0.05) is 19.1 Å². The van der Waals surface area contributed by atoms with Crippen LogP contribution < -0.4 is 5.32 Å². The Kier molecular flexibility index (Phi) is 3.42. The molecule has 14 heavy (non-hydrogen) atoms. The van der Waals surface area contributed by atoms with Crippen LogP contribution in [-0.4, -0.2) is 49.3 Å². The summed E-state index contributed by atoms with van der Waals surface area (Å²) in [6, 6.07) is 0.796. The summed E-state index contributed by atoms with van der Waals surface area (Å²) in [5.41, 5.74) is 0. The third kappa shape index (κ3) is 2.47. The number of hydrogen-bond acceptors (Lipinski definition) is 3. The minimum Gasteiger partial charge on any atom is -0.373 e. The van der Waals surface area contributed by atoms with E-state index in [1.165, 1.54) is 25.9 Å². The van der Waals surface area contributed by atoms with Gasteiger partial charge in [-0.05, 0) is 39.8 Å². The van der Waals surface area contributed by atoms with Gasteiger partial charge in [0.1, 0.15) is 0 Å². The van der Waals surface area contributed by atoms with Crippen molar-refractivity contribution >= 4 is 0 Å². The smallest absolute Gasteiger partial charge is 0.0678 e. The van der Waals surface area contributed by atoms with Crippen molar-refractivity contribution in [3.05, 3.63) is 0 Å². The normalized spacial score (nSPS) is 37.3. The Morgan fingerprint density at radius 2 is 1.64 bits per heavy atom. The fourth-order valence-corrected chi connectivity index (χ4v) is 2.69. The molecule has 0 aromatic heterocycles. The second-order valence-electron chi connectivity index (χ2n) is 4.69. The molecule has 0 unspecified atom stereocenters. The molecule has 0 aliphatic carbocycles. The number of piperidine rings is 1. The number of ether oxygens (including phenoxy) is 1. The highest BCUT2D eigenvalue weighted by molar-refractivity contribution is 4.82. The number of hydrogen-bond donors (Lipinski definition) is 1. The van der Waals surface area contributed by atoms with Gasteiger partial charge < -0.3 is 10.1 Å². The Morgan fingerprint density at radius 1 is 1.07 bits per heavy atom. The van der Waals surface area contributed by atoms with Crippen LogP contribution in [-0.2, 0) is 4.74 Å². The molecular weight excluding hydrogens is 176 g/mol. The zero-order chi connectivity index (χ0) is 9.97. The number of morpholine rings is 1. The lowest BCUT2D eigenvalue weighted by Gasteiger charge is -2.41. The highest BCUT2D eigenvalue weighted by atomic mass is 16.5. The molecule has 0 saturated carbocycles. The van der Waals surface area contributed by atoms with Crippen molar-refractivity contribution in [3.8, 4) is 0 Å². The third-order valence-corrected chi connectivity index (χ3v) is 3.27. The lowest BCUT2D eigenvalue weighted by Crippen LogP contribution is -2.52. The first-order chi connectivity index (χ1) is 6.75. The van der Waals surface area contributed by atoms with Crippen LogP contribution in [0.3, 0.4) is 0 Å². The SMILES string of the molecule is C[C@H]1CN(C2CCNCC2)C[C@H](C)O1. The van der Waals surface area contributed by atoms with Gasteiger partial charge in [0.25, 0.3) is 0 Å². The summed E-state index contributed by atoms with van der Waals surface area (Å²) >= 11 is 0. The van der Waals surface area contributed by atoms with E-state index in [2.05, 4.69) is 24.1 Å². The van der Waals surface area contributed by atoms with Gasteiger partial charge in [-0.3, -0.25) is 4.90 Å². The summed E-state index contributed by atoms with van der Waals surface area (Å²) < 4.78 is 5.75. The van der Waals surface area contributed by atoms with Gasteiger partial charge in [-0.25, -0.2) is 0 Å². The van der Waals surface area contributed by atoms with Gasteiger partial charge in [-0.2, -0.15) is 0 Å². The number of rotatable bonds is 1. The standard InChI is InChI=1S/C11H22N2O/c1-9-7-13(8-10(2)14-9)11-3-5-12-6-4-11/h9-12H,3-8H2,1-2H3/t9-,10-/m0/s1. The van der Waals surface area contributed by atoms with E-state index in [4.69, 9.17) is 4.74 Å². The van der Waals surface area contributed by atoms with E-state index >= 15 is 0 Å². The summed E-state index contributed by atoms with van der Waals surface area (Å²) in [5, 5.41) is 3.42. The van der Waals surface area contributed by atoms with Crippen molar-refractivity contribution in [2.45, 2.75) is 44.9 Å². The molecule has 2 rings (SSSR count). The van der Waals surface area contributed by atoms with Crippen LogP contribution in [0.4, 0.5) is 0 Å². The van der Waals surface area contributed by atoms with Crippen LogP contribution in [0.5, 0.6) is 0 Å². The molecule has 0 radical (unpaired) electrons. The molecule has 0 aromatic carbocycles. The summed E-state index contributed by atoms with van der Waals surface area (Å²) in [6.45, 7) is 8.98. The Hall–Kier alpha value is -0.120. The summed E-state index contributed by atoms with van der Waals surface area (Å²) in [7, 11) is 0. The topological polar surface area (TPSA) is 24.5 Å². The predicted octanol–water partition coefficient (Wildman–Crippen LogP) is 0.848. The maximum absolute atomic E-state index is 5.75. The van der Waals surface area contributed by atoms with Gasteiger partial charge in [0.05, 0.1) is 12.2 Å². The van der Waals surface area contributed by atoms with Crippen molar-refractivity contribution in [2.75, 3.05) is 26.2 Å². The zero-order valence-corrected chi connectivity index (χ0v) is 9.33. The molecule has 2 heterocycles. The maximum atomic E-state index is 5.75. The molecule has 2 aliphatic rings. The quantitative estimate of drug-likeness (QED) is 0.676. The van der Waals surface area contributed by atoms with Crippen molar-refractivity contribution in [3.63, 3.8) is 0 Å². The highest BCUT2D eigenvalue weighted by Crippen LogP contribution is 2.18. The highest BCUT2D eigenvalue weighted by Gasteiger charge is 2.28. The van der Waals surface area contributed by atoms with Gasteiger partial charge >= 0.3 is 0 Å². The summed E-state index contributed by atoms with van der Waals surface area (Å²) in [6.07, 6.45) is 3.43. The van der Waals surface area contributed by atoms with Gasteiger partial charge in [0.2, 0.25) is 0 Å². The first-order valence-corrected chi connectivity index (χ1v) is 5.86. The Bertz CT molecular complexity index is 170. The summed E-state index contributed by atoms with van der Waals surface area (Å²) in [5.74, 6) is 0. The molecular formula is C11H22N2O. The lowest BCUT2D eigenvalue weighted by atomic mass is 10.0. The van der Waals surface area contributed by atoms with Crippen molar-refractivity contribution < 1.29 is 4.74 Å². The van der Waals surface area contributed by atoms with Crippen LogP contribution in [0, 0.1) is 0 Å². The predicted molar refractivity (Wildman–Crippen MR) is 57.5 cm³/mol. The van der Waals surface area contributed by atoms with E-state index in [9.17, 15) is 0 Å². The van der Waals surface area contributed by atoms with Crippen LogP contribution in [0.25, 0.3) is 0 Å². The van der Waals surface area contributed by atoms with Crippen LogP contribution in [0.15, 0.2) is 0 Å². The molecule has 1 N–H and O–H groups in total.